The lowest BCUT2D eigenvalue weighted by Crippen LogP contribution is -2.33. The number of rotatable bonds is 4. The van der Waals surface area contributed by atoms with E-state index in [0.717, 1.165) is 12.0 Å². The van der Waals surface area contributed by atoms with Crippen LogP contribution in [0.5, 0.6) is 0 Å². The summed E-state index contributed by atoms with van der Waals surface area (Å²) in [7, 11) is 0. The van der Waals surface area contributed by atoms with Crippen molar-refractivity contribution in [2.75, 3.05) is 10.8 Å². The van der Waals surface area contributed by atoms with Crippen LogP contribution in [0.1, 0.15) is 28.7 Å². The Morgan fingerprint density at radius 1 is 1.22 bits per heavy atom. The highest BCUT2D eigenvalue weighted by Crippen LogP contribution is 2.33. The normalized spacial score (nSPS) is 13.2. The third-order valence-electron chi connectivity index (χ3n) is 5.15. The molecule has 1 aliphatic carbocycles. The highest BCUT2D eigenvalue weighted by atomic mass is 35.5. The molecule has 4 nitrogen and oxygen atoms in total. The standard InChI is InChI=1S/C20H17ClF2N2O2/c1-11-12-3-2-4-13(12)19(22)20(23)14(11)10-25(18(26)9-21)17-6-5-16-15(24-17)7-8-27-16/h5-8H,2-4,9-10H2,1H3. The van der Waals surface area contributed by atoms with Crippen molar-refractivity contribution in [1.29, 1.82) is 0 Å². The molecule has 1 amide bonds. The van der Waals surface area contributed by atoms with Gasteiger partial charge in [-0.1, -0.05) is 0 Å². The first-order valence-electron chi connectivity index (χ1n) is 8.70. The molecule has 27 heavy (non-hydrogen) atoms. The molecule has 1 aliphatic rings. The fourth-order valence-corrected chi connectivity index (χ4v) is 3.86. The van der Waals surface area contributed by atoms with Crippen molar-refractivity contribution in [2.45, 2.75) is 32.7 Å². The number of carbonyl (C=O) groups excluding carboxylic acids is 1. The topological polar surface area (TPSA) is 46.3 Å². The van der Waals surface area contributed by atoms with E-state index in [4.69, 9.17) is 16.0 Å². The van der Waals surface area contributed by atoms with Crippen molar-refractivity contribution in [3.8, 4) is 0 Å². The highest BCUT2D eigenvalue weighted by molar-refractivity contribution is 6.29. The number of amides is 1. The number of pyridine rings is 1. The molecule has 0 N–H and O–H groups in total. The molecule has 0 fully saturated rings. The minimum Gasteiger partial charge on any atom is -0.463 e. The van der Waals surface area contributed by atoms with Crippen LogP contribution in [0, 0.1) is 18.6 Å². The predicted molar refractivity (Wildman–Crippen MR) is 99.0 cm³/mol. The van der Waals surface area contributed by atoms with Gasteiger partial charge in [-0.05, 0) is 55.0 Å². The van der Waals surface area contributed by atoms with E-state index in [1.54, 1.807) is 25.1 Å². The molecule has 2 heterocycles. The SMILES string of the molecule is Cc1c(CN(C(=O)CCl)c2ccc3occc3n2)c(F)c(F)c2c1CCC2. The summed E-state index contributed by atoms with van der Waals surface area (Å²) in [5.41, 5.74) is 3.31. The largest absolute Gasteiger partial charge is 0.463 e. The summed E-state index contributed by atoms with van der Waals surface area (Å²) in [4.78, 5) is 18.1. The quantitative estimate of drug-likeness (QED) is 0.608. The zero-order valence-corrected chi connectivity index (χ0v) is 15.4. The average molecular weight is 391 g/mol. The number of furan rings is 1. The molecule has 0 radical (unpaired) electrons. The summed E-state index contributed by atoms with van der Waals surface area (Å²) in [6.45, 7) is 1.64. The molecule has 0 saturated carbocycles. The fourth-order valence-electron chi connectivity index (χ4n) is 3.72. The van der Waals surface area contributed by atoms with Crippen LogP contribution in [0.15, 0.2) is 28.9 Å². The van der Waals surface area contributed by atoms with Gasteiger partial charge in [-0.2, -0.15) is 0 Å². The van der Waals surface area contributed by atoms with E-state index < -0.39 is 17.5 Å². The first-order chi connectivity index (χ1) is 13.0. The monoisotopic (exact) mass is 390 g/mol. The van der Waals surface area contributed by atoms with Gasteiger partial charge in [-0.15, -0.1) is 11.6 Å². The van der Waals surface area contributed by atoms with Crippen LogP contribution in [0.3, 0.4) is 0 Å². The Morgan fingerprint density at radius 3 is 2.78 bits per heavy atom. The maximum atomic E-state index is 14.8. The van der Waals surface area contributed by atoms with E-state index in [0.29, 0.717) is 40.9 Å². The number of aromatic nitrogens is 1. The Balaban J connectivity index is 1.79. The summed E-state index contributed by atoms with van der Waals surface area (Å²) in [5, 5.41) is 0. The van der Waals surface area contributed by atoms with Gasteiger partial charge in [0.15, 0.2) is 17.2 Å². The number of halogens is 3. The number of nitrogens with zero attached hydrogens (tertiary/aromatic N) is 2. The summed E-state index contributed by atoms with van der Waals surface area (Å²) >= 11 is 5.76. The van der Waals surface area contributed by atoms with Gasteiger partial charge in [-0.25, -0.2) is 13.8 Å². The molecule has 1 aromatic carbocycles. The van der Waals surface area contributed by atoms with Crippen molar-refractivity contribution < 1.29 is 18.0 Å². The Kier molecular flexibility index (Phi) is 4.60. The molecule has 4 rings (SSSR count). The molecule has 0 bridgehead atoms. The zero-order chi connectivity index (χ0) is 19.1. The molecule has 0 unspecified atom stereocenters. The smallest absolute Gasteiger partial charge is 0.243 e. The average Bonchev–Trinajstić information content (AvgIpc) is 3.34. The summed E-state index contributed by atoms with van der Waals surface area (Å²) in [5.74, 6) is -2.12. The lowest BCUT2D eigenvalue weighted by atomic mass is 9.97. The van der Waals surface area contributed by atoms with Gasteiger partial charge >= 0.3 is 0 Å². The second kappa shape index (κ2) is 6.93. The second-order valence-corrected chi connectivity index (χ2v) is 6.90. The van der Waals surface area contributed by atoms with E-state index >= 15 is 0 Å². The van der Waals surface area contributed by atoms with Gasteiger partial charge in [0.1, 0.15) is 17.2 Å². The second-order valence-electron chi connectivity index (χ2n) is 6.63. The Bertz CT molecular complexity index is 1050. The van der Waals surface area contributed by atoms with Gasteiger partial charge in [0, 0.05) is 11.6 Å². The lowest BCUT2D eigenvalue weighted by Gasteiger charge is -2.23. The van der Waals surface area contributed by atoms with Gasteiger partial charge in [0.05, 0.1) is 12.8 Å². The summed E-state index contributed by atoms with van der Waals surface area (Å²) in [6.07, 6.45) is 3.56. The van der Waals surface area contributed by atoms with Gasteiger partial charge < -0.3 is 4.42 Å². The Morgan fingerprint density at radius 2 is 2.00 bits per heavy atom. The maximum Gasteiger partial charge on any atom is 0.243 e. The number of hydrogen-bond acceptors (Lipinski definition) is 3. The van der Waals surface area contributed by atoms with Crippen molar-refractivity contribution in [2.24, 2.45) is 0 Å². The van der Waals surface area contributed by atoms with E-state index in [1.807, 2.05) is 0 Å². The number of carbonyl (C=O) groups is 1. The minimum atomic E-state index is -0.898. The van der Waals surface area contributed by atoms with E-state index in [-0.39, 0.29) is 18.0 Å². The lowest BCUT2D eigenvalue weighted by molar-refractivity contribution is -0.116. The molecule has 140 valence electrons. The van der Waals surface area contributed by atoms with Crippen LogP contribution < -0.4 is 4.90 Å². The van der Waals surface area contributed by atoms with Crippen LogP contribution in [0.25, 0.3) is 11.1 Å². The number of alkyl halides is 1. The van der Waals surface area contributed by atoms with Crippen molar-refractivity contribution in [3.63, 3.8) is 0 Å². The summed E-state index contributed by atoms with van der Waals surface area (Å²) < 4.78 is 34.6. The molecule has 0 spiro atoms. The van der Waals surface area contributed by atoms with Crippen LogP contribution >= 0.6 is 11.6 Å². The van der Waals surface area contributed by atoms with Crippen molar-refractivity contribution in [1.82, 2.24) is 4.98 Å². The maximum absolute atomic E-state index is 14.8. The van der Waals surface area contributed by atoms with Crippen molar-refractivity contribution >= 4 is 34.4 Å². The molecular weight excluding hydrogens is 374 g/mol. The third-order valence-corrected chi connectivity index (χ3v) is 5.37. The van der Waals surface area contributed by atoms with Gasteiger partial charge in [0.2, 0.25) is 5.91 Å². The van der Waals surface area contributed by atoms with Gasteiger partial charge in [-0.3, -0.25) is 9.69 Å². The summed E-state index contributed by atoms with van der Waals surface area (Å²) in [6, 6.07) is 4.95. The first kappa shape index (κ1) is 17.9. The number of fused-ring (bicyclic) bond motifs is 2. The van der Waals surface area contributed by atoms with Crippen LogP contribution in [-0.4, -0.2) is 16.8 Å². The number of benzene rings is 1. The fraction of sp³-hybridized carbons (Fsp3) is 0.300. The predicted octanol–water partition coefficient (Wildman–Crippen LogP) is 4.68. The minimum absolute atomic E-state index is 0.135. The van der Waals surface area contributed by atoms with Crippen LogP contribution in [0.4, 0.5) is 14.6 Å². The Hall–Kier alpha value is -2.47. The van der Waals surface area contributed by atoms with E-state index in [2.05, 4.69) is 4.98 Å². The molecule has 2 aromatic heterocycles. The Labute approximate surface area is 159 Å². The third kappa shape index (κ3) is 2.98. The zero-order valence-electron chi connectivity index (χ0n) is 14.7. The first-order valence-corrected chi connectivity index (χ1v) is 9.23. The van der Waals surface area contributed by atoms with Crippen LogP contribution in [0.2, 0.25) is 0 Å². The van der Waals surface area contributed by atoms with Crippen molar-refractivity contribution in [3.05, 3.63) is 58.4 Å². The molecule has 0 atom stereocenters. The van der Waals surface area contributed by atoms with Gasteiger partial charge in [0.25, 0.3) is 0 Å². The molecular formula is C20H17ClF2N2O2. The molecule has 0 aliphatic heterocycles. The highest BCUT2D eigenvalue weighted by Gasteiger charge is 2.28. The van der Waals surface area contributed by atoms with E-state index in [9.17, 15) is 13.6 Å². The van der Waals surface area contributed by atoms with Crippen LogP contribution in [-0.2, 0) is 24.2 Å². The number of hydrogen-bond donors (Lipinski definition) is 0. The molecule has 7 heteroatoms. The molecule has 3 aromatic rings. The van der Waals surface area contributed by atoms with E-state index in [1.165, 1.54) is 11.2 Å². The number of anilines is 1. The molecule has 0 saturated heterocycles.